The van der Waals surface area contributed by atoms with E-state index in [2.05, 4.69) is 38.0 Å². The van der Waals surface area contributed by atoms with Crippen molar-refractivity contribution < 1.29 is 0 Å². The Morgan fingerprint density at radius 3 is 2.11 bits per heavy atom. The van der Waals surface area contributed by atoms with Crippen LogP contribution in [0.4, 0.5) is 0 Å². The Hall–Kier alpha value is -0.0800. The Balaban J connectivity index is 1.69. The Morgan fingerprint density at radius 1 is 0.778 bits per heavy atom. The van der Waals surface area contributed by atoms with Crippen LogP contribution in [0.1, 0.15) is 25.7 Å². The van der Waals surface area contributed by atoms with Gasteiger partial charge in [-0.25, -0.2) is 0 Å². The fourth-order valence-electron chi connectivity index (χ4n) is 5.74. The topological polar surface area (TPSA) is 6.48 Å². The molecule has 6 unspecified atom stereocenters. The summed E-state index contributed by atoms with van der Waals surface area (Å²) in [5.41, 5.74) is 0. The second-order valence-electron chi connectivity index (χ2n) is 7.76. The van der Waals surface area contributed by atoms with Crippen molar-refractivity contribution >= 4 is 0 Å². The summed E-state index contributed by atoms with van der Waals surface area (Å²) in [6.07, 6.45) is 6.16. The molecule has 6 atom stereocenters. The zero-order valence-electron chi connectivity index (χ0n) is 12.6. The second-order valence-corrected chi connectivity index (χ2v) is 7.76. The van der Waals surface area contributed by atoms with Gasteiger partial charge in [-0.2, -0.15) is 0 Å². The minimum absolute atomic E-state index is 1.00. The molecule has 0 aliphatic heterocycles. The quantitative estimate of drug-likeness (QED) is 0.756. The monoisotopic (exact) mass is 250 g/mol. The molecule has 0 heterocycles. The lowest BCUT2D eigenvalue weighted by Crippen LogP contribution is -2.36. The zero-order chi connectivity index (χ0) is 12.9. The lowest BCUT2D eigenvalue weighted by atomic mass is 9.72. The van der Waals surface area contributed by atoms with E-state index in [-0.39, 0.29) is 0 Å². The van der Waals surface area contributed by atoms with Crippen molar-refractivity contribution in [3.63, 3.8) is 0 Å². The van der Waals surface area contributed by atoms with Crippen LogP contribution in [0.3, 0.4) is 0 Å². The van der Waals surface area contributed by atoms with E-state index in [0.717, 1.165) is 35.5 Å². The van der Waals surface area contributed by atoms with E-state index in [9.17, 15) is 0 Å². The summed E-state index contributed by atoms with van der Waals surface area (Å²) in [7, 11) is 8.99. The smallest absolute Gasteiger partial charge is 0.000642 e. The second kappa shape index (κ2) is 4.79. The van der Waals surface area contributed by atoms with Gasteiger partial charge in [-0.1, -0.05) is 0 Å². The molecule has 18 heavy (non-hydrogen) atoms. The predicted molar refractivity (Wildman–Crippen MR) is 76.5 cm³/mol. The number of rotatable bonds is 4. The summed E-state index contributed by atoms with van der Waals surface area (Å²) < 4.78 is 0. The van der Waals surface area contributed by atoms with Gasteiger partial charge >= 0.3 is 0 Å². The van der Waals surface area contributed by atoms with Crippen molar-refractivity contribution in [1.82, 2.24) is 9.80 Å². The first-order valence-electron chi connectivity index (χ1n) is 7.85. The van der Waals surface area contributed by atoms with E-state index in [1.807, 2.05) is 0 Å². The molecule has 2 heteroatoms. The van der Waals surface area contributed by atoms with Gasteiger partial charge in [0.25, 0.3) is 0 Å². The maximum absolute atomic E-state index is 2.42. The van der Waals surface area contributed by atoms with E-state index in [4.69, 9.17) is 0 Å². The third-order valence-corrected chi connectivity index (χ3v) is 5.99. The molecule has 104 valence electrons. The number of hydrogen-bond donors (Lipinski definition) is 0. The summed E-state index contributed by atoms with van der Waals surface area (Å²) in [6, 6.07) is 0. The molecule has 3 aliphatic rings. The molecule has 0 aromatic carbocycles. The maximum atomic E-state index is 2.42. The van der Waals surface area contributed by atoms with Crippen molar-refractivity contribution in [2.24, 2.45) is 35.5 Å². The van der Waals surface area contributed by atoms with Crippen LogP contribution in [0, 0.1) is 35.5 Å². The van der Waals surface area contributed by atoms with Gasteiger partial charge < -0.3 is 9.80 Å². The molecule has 0 aromatic heterocycles. The van der Waals surface area contributed by atoms with Crippen LogP contribution < -0.4 is 0 Å². The van der Waals surface area contributed by atoms with Crippen LogP contribution in [-0.4, -0.2) is 51.1 Å². The van der Waals surface area contributed by atoms with Crippen LogP contribution in [0.15, 0.2) is 0 Å². The highest BCUT2D eigenvalue weighted by atomic mass is 15.1. The summed E-state index contributed by atoms with van der Waals surface area (Å²) in [5, 5.41) is 0. The first kappa shape index (κ1) is 12.9. The predicted octanol–water partition coefficient (Wildman–Crippen LogP) is 2.41. The van der Waals surface area contributed by atoms with Gasteiger partial charge in [-0.3, -0.25) is 0 Å². The van der Waals surface area contributed by atoms with E-state index in [0.29, 0.717) is 0 Å². The average molecular weight is 250 g/mol. The Labute approximate surface area is 113 Å². The van der Waals surface area contributed by atoms with Crippen molar-refractivity contribution in [2.75, 3.05) is 41.3 Å². The summed E-state index contributed by atoms with van der Waals surface area (Å²) in [6.45, 7) is 2.66. The molecule has 2 nitrogen and oxygen atoms in total. The molecule has 0 N–H and O–H groups in total. The summed E-state index contributed by atoms with van der Waals surface area (Å²) in [5.74, 6) is 6.36. The van der Waals surface area contributed by atoms with E-state index in [1.165, 1.54) is 19.5 Å². The van der Waals surface area contributed by atoms with Crippen molar-refractivity contribution in [1.29, 1.82) is 0 Å². The first-order valence-corrected chi connectivity index (χ1v) is 7.85. The Bertz CT molecular complexity index is 299. The standard InChI is InChI=1S/C16H30N2/c1-17(2)9-11-5-6-14-12-7-13(10-18(3)4)15(8-12)16(11)14/h11-16H,5-10H2,1-4H3. The largest absolute Gasteiger partial charge is 0.309 e. The molecule has 0 saturated heterocycles. The molecule has 3 fully saturated rings. The highest BCUT2D eigenvalue weighted by molar-refractivity contribution is 5.06. The number of nitrogens with zero attached hydrogens (tertiary/aromatic N) is 2. The highest BCUT2D eigenvalue weighted by Gasteiger charge is 2.56. The minimum atomic E-state index is 1.00. The number of fused-ring (bicyclic) bond motifs is 5. The lowest BCUT2D eigenvalue weighted by Gasteiger charge is -2.36. The van der Waals surface area contributed by atoms with Crippen LogP contribution in [0.25, 0.3) is 0 Å². The molecular weight excluding hydrogens is 220 g/mol. The third-order valence-electron chi connectivity index (χ3n) is 5.99. The first-order chi connectivity index (χ1) is 8.56. The summed E-state index contributed by atoms with van der Waals surface area (Å²) in [4.78, 5) is 4.83. The van der Waals surface area contributed by atoms with E-state index < -0.39 is 0 Å². The molecule has 2 bridgehead atoms. The van der Waals surface area contributed by atoms with Crippen LogP contribution in [0.2, 0.25) is 0 Å². The molecule has 0 amide bonds. The third kappa shape index (κ3) is 2.12. The molecule has 3 aliphatic carbocycles. The molecule has 0 spiro atoms. The van der Waals surface area contributed by atoms with Gasteiger partial charge in [-0.15, -0.1) is 0 Å². The normalized spacial score (nSPS) is 46.3. The molecule has 0 radical (unpaired) electrons. The molecule has 3 rings (SSSR count). The zero-order valence-corrected chi connectivity index (χ0v) is 12.6. The lowest BCUT2D eigenvalue weighted by molar-refractivity contribution is 0.118. The Morgan fingerprint density at radius 2 is 1.44 bits per heavy atom. The molecular formula is C16H30N2. The SMILES string of the molecule is CN(C)CC1CC2CC1C1C(CN(C)C)CCC21. The Kier molecular flexibility index (Phi) is 3.44. The minimum Gasteiger partial charge on any atom is -0.309 e. The maximum Gasteiger partial charge on any atom is 0.000642 e. The van der Waals surface area contributed by atoms with Crippen LogP contribution in [0.5, 0.6) is 0 Å². The van der Waals surface area contributed by atoms with Crippen LogP contribution in [-0.2, 0) is 0 Å². The van der Waals surface area contributed by atoms with E-state index >= 15 is 0 Å². The van der Waals surface area contributed by atoms with Crippen LogP contribution >= 0.6 is 0 Å². The molecule has 3 saturated carbocycles. The van der Waals surface area contributed by atoms with Crippen molar-refractivity contribution in [3.05, 3.63) is 0 Å². The summed E-state index contributed by atoms with van der Waals surface area (Å²) >= 11 is 0. The van der Waals surface area contributed by atoms with Gasteiger partial charge in [0.05, 0.1) is 0 Å². The van der Waals surface area contributed by atoms with Crippen molar-refractivity contribution in [3.8, 4) is 0 Å². The number of hydrogen-bond acceptors (Lipinski definition) is 2. The van der Waals surface area contributed by atoms with Crippen molar-refractivity contribution in [2.45, 2.75) is 25.7 Å². The van der Waals surface area contributed by atoms with Gasteiger partial charge in [0.2, 0.25) is 0 Å². The fraction of sp³-hybridized carbons (Fsp3) is 1.00. The molecule has 0 aromatic rings. The van der Waals surface area contributed by atoms with E-state index in [1.54, 1.807) is 19.3 Å². The highest BCUT2D eigenvalue weighted by Crippen LogP contribution is 2.62. The van der Waals surface area contributed by atoms with Gasteiger partial charge in [0.15, 0.2) is 0 Å². The van der Waals surface area contributed by atoms with Gasteiger partial charge in [0, 0.05) is 13.1 Å². The average Bonchev–Trinajstić information content (AvgIpc) is 2.88. The van der Waals surface area contributed by atoms with Gasteiger partial charge in [0.1, 0.15) is 0 Å². The fourth-order valence-corrected chi connectivity index (χ4v) is 5.74. The van der Waals surface area contributed by atoms with Gasteiger partial charge in [-0.05, 0) is 89.4 Å².